The second kappa shape index (κ2) is 12.2. The van der Waals surface area contributed by atoms with Gasteiger partial charge in [-0.2, -0.15) is 0 Å². The van der Waals surface area contributed by atoms with Crippen molar-refractivity contribution >= 4 is 11.9 Å². The predicted octanol–water partition coefficient (Wildman–Crippen LogP) is -0.814. The topological polar surface area (TPSA) is 122 Å². The summed E-state index contributed by atoms with van der Waals surface area (Å²) in [6.07, 6.45) is 2.78. The van der Waals surface area contributed by atoms with Crippen LogP contribution in [0.2, 0.25) is 0 Å². The molecule has 0 fully saturated rings. The van der Waals surface area contributed by atoms with Gasteiger partial charge in [0.05, 0.1) is 40.5 Å². The third kappa shape index (κ3) is 7.67. The van der Waals surface area contributed by atoms with Crippen LogP contribution < -0.4 is 24.2 Å². The number of rotatable bonds is 8. The number of methoxy groups -OCH3 is 3. The lowest BCUT2D eigenvalue weighted by atomic mass is 10.1. The van der Waals surface area contributed by atoms with E-state index in [9.17, 15) is 0 Å². The second-order valence-electron chi connectivity index (χ2n) is 6.04. The molecule has 1 unspecified atom stereocenters. The fourth-order valence-corrected chi connectivity index (χ4v) is 2.60. The number of benzene rings is 1. The van der Waals surface area contributed by atoms with Gasteiger partial charge in [0.1, 0.15) is 6.54 Å². The van der Waals surface area contributed by atoms with Gasteiger partial charge in [0.2, 0.25) is 5.75 Å². The van der Waals surface area contributed by atoms with Gasteiger partial charge in [-0.1, -0.05) is 6.07 Å². The number of hydrogen-bond donors (Lipinski definition) is 2. The van der Waals surface area contributed by atoms with Crippen molar-refractivity contribution in [2.75, 3.05) is 34.9 Å². The zero-order chi connectivity index (χ0) is 21.8. The predicted molar refractivity (Wildman–Crippen MR) is 102 cm³/mol. The van der Waals surface area contributed by atoms with Crippen LogP contribution in [0.15, 0.2) is 36.5 Å². The van der Waals surface area contributed by atoms with Crippen LogP contribution in [0.3, 0.4) is 0 Å². The van der Waals surface area contributed by atoms with Crippen molar-refractivity contribution < 1.29 is 38.9 Å². The highest BCUT2D eigenvalue weighted by Gasteiger charge is 2.18. The number of nitrogens with one attached hydrogen (secondary N) is 1. The van der Waals surface area contributed by atoms with Crippen LogP contribution in [0, 0.1) is 0 Å². The first-order valence-electron chi connectivity index (χ1n) is 8.77. The summed E-state index contributed by atoms with van der Waals surface area (Å²) in [4.78, 5) is 23.8. The third-order valence-electron chi connectivity index (χ3n) is 3.99. The number of carbonyl (C=O) groups is 2. The maximum Gasteiger partial charge on any atom is 0.351 e. The van der Waals surface area contributed by atoms with Gasteiger partial charge in [0.15, 0.2) is 17.5 Å². The smallest absolute Gasteiger partial charge is 0.351 e. The van der Waals surface area contributed by atoms with Crippen LogP contribution in [0.25, 0.3) is 0 Å². The molecule has 1 aromatic heterocycles. The molecule has 0 aliphatic carbocycles. The fraction of sp³-hybridized carbons (Fsp3) is 0.350. The van der Waals surface area contributed by atoms with E-state index < -0.39 is 11.9 Å². The number of pyridine rings is 1. The van der Waals surface area contributed by atoms with Crippen LogP contribution in [0.5, 0.6) is 17.2 Å². The second-order valence-corrected chi connectivity index (χ2v) is 6.04. The number of carbonyl (C=O) groups excluding carboxylic acids is 1. The van der Waals surface area contributed by atoms with Crippen molar-refractivity contribution in [3.8, 4) is 17.2 Å². The van der Waals surface area contributed by atoms with Gasteiger partial charge in [0, 0.05) is 18.3 Å². The van der Waals surface area contributed by atoms with Crippen molar-refractivity contribution in [2.24, 2.45) is 0 Å². The van der Waals surface area contributed by atoms with Crippen LogP contribution >= 0.6 is 0 Å². The Hall–Kier alpha value is -3.33. The zero-order valence-corrected chi connectivity index (χ0v) is 16.9. The molecule has 1 heterocycles. The van der Waals surface area contributed by atoms with Gasteiger partial charge in [-0.25, -0.2) is 4.79 Å². The maximum absolute atomic E-state index is 9.04. The van der Waals surface area contributed by atoms with Gasteiger partial charge < -0.3 is 34.1 Å². The number of carboxylic acid groups (broad SMARTS) is 2. The van der Waals surface area contributed by atoms with Crippen LogP contribution in [-0.2, 0) is 22.6 Å². The van der Waals surface area contributed by atoms with E-state index in [0.29, 0.717) is 11.5 Å². The van der Waals surface area contributed by atoms with Gasteiger partial charge in [-0.3, -0.25) is 4.98 Å². The van der Waals surface area contributed by atoms with Crippen LogP contribution in [-0.4, -0.2) is 57.0 Å². The van der Waals surface area contributed by atoms with Gasteiger partial charge in [0.25, 0.3) is 0 Å². The Bertz CT molecular complexity index is 785. The number of likely N-dealkylation sites (N-methyl/N-ethyl adjacent to an activating group) is 1. The first-order chi connectivity index (χ1) is 13.8. The monoisotopic (exact) mass is 406 g/mol. The summed E-state index contributed by atoms with van der Waals surface area (Å²) in [5, 5.41) is 16.3. The standard InChI is InChI=1S/C18H24N2O3.C2H2O4/c1-20(12-10-15-7-5-6-11-19-15)13-14-8-9-16(21-2)18(23-4)17(14)22-3;3-1(4)2(5)6/h5-9,11H,10,12-13H2,1-4H3;(H,3,4)(H,5,6). The van der Waals surface area contributed by atoms with Crippen molar-refractivity contribution in [3.05, 3.63) is 47.8 Å². The summed E-state index contributed by atoms with van der Waals surface area (Å²) in [5.74, 6) is -1.95. The minimum Gasteiger partial charge on any atom is -0.539 e. The molecule has 0 saturated heterocycles. The average molecular weight is 406 g/mol. The lowest BCUT2D eigenvalue weighted by Crippen LogP contribution is -3.07. The minimum atomic E-state index is -2.07. The Balaban J connectivity index is 0.000000612. The normalized spacial score (nSPS) is 10.9. The zero-order valence-electron chi connectivity index (χ0n) is 16.9. The molecule has 0 spiro atoms. The molecule has 0 aliphatic heterocycles. The van der Waals surface area contributed by atoms with Crippen molar-refractivity contribution in [2.45, 2.75) is 13.0 Å². The number of carboxylic acids is 2. The summed E-state index contributed by atoms with van der Waals surface area (Å²) >= 11 is 0. The van der Waals surface area contributed by atoms with Gasteiger partial charge >= 0.3 is 5.97 Å². The van der Waals surface area contributed by atoms with E-state index >= 15 is 0 Å². The SMILES string of the molecule is COc1ccc(C[NH+](C)CCc2ccccn2)c(OC)c1OC.O=C([O-])C(=O)O. The van der Waals surface area contributed by atoms with Crippen molar-refractivity contribution in [1.82, 2.24) is 4.98 Å². The molecule has 0 aliphatic rings. The maximum atomic E-state index is 9.04. The fourth-order valence-electron chi connectivity index (χ4n) is 2.60. The Morgan fingerprint density at radius 2 is 1.72 bits per heavy atom. The summed E-state index contributed by atoms with van der Waals surface area (Å²) in [6, 6.07) is 9.97. The molecule has 0 radical (unpaired) electrons. The lowest BCUT2D eigenvalue weighted by molar-refractivity contribution is -0.893. The molecule has 9 nitrogen and oxygen atoms in total. The summed E-state index contributed by atoms with van der Waals surface area (Å²) in [7, 11) is 7.08. The molecule has 9 heteroatoms. The van der Waals surface area contributed by atoms with Crippen LogP contribution in [0.1, 0.15) is 11.3 Å². The Labute approximate surface area is 169 Å². The summed E-state index contributed by atoms with van der Waals surface area (Å²) in [6.45, 7) is 1.84. The Kier molecular flexibility index (Phi) is 9.97. The number of hydrogen-bond acceptors (Lipinski definition) is 7. The quantitative estimate of drug-likeness (QED) is 0.546. The highest BCUT2D eigenvalue weighted by molar-refractivity contribution is 6.26. The van der Waals surface area contributed by atoms with E-state index in [1.807, 2.05) is 30.5 Å². The minimum absolute atomic E-state index is 0.644. The van der Waals surface area contributed by atoms with Crippen LogP contribution in [0.4, 0.5) is 0 Å². The Morgan fingerprint density at radius 3 is 2.21 bits per heavy atom. The van der Waals surface area contributed by atoms with E-state index in [-0.39, 0.29) is 0 Å². The molecule has 29 heavy (non-hydrogen) atoms. The molecule has 0 saturated carbocycles. The van der Waals surface area contributed by atoms with E-state index in [1.165, 1.54) is 4.90 Å². The molecular weight excluding hydrogens is 380 g/mol. The molecule has 158 valence electrons. The van der Waals surface area contributed by atoms with E-state index in [2.05, 4.69) is 18.1 Å². The molecule has 0 amide bonds. The van der Waals surface area contributed by atoms with E-state index in [0.717, 1.165) is 36.5 Å². The number of aromatic nitrogens is 1. The number of aliphatic carboxylic acids is 2. The number of quaternary nitrogens is 1. The Morgan fingerprint density at radius 1 is 1.07 bits per heavy atom. The van der Waals surface area contributed by atoms with Gasteiger partial charge in [-0.15, -0.1) is 0 Å². The third-order valence-corrected chi connectivity index (χ3v) is 3.99. The highest BCUT2D eigenvalue weighted by Crippen LogP contribution is 2.39. The first kappa shape index (κ1) is 23.7. The number of nitrogens with zero attached hydrogens (tertiary/aromatic N) is 1. The molecule has 2 aromatic rings. The highest BCUT2D eigenvalue weighted by atomic mass is 16.5. The molecule has 1 aromatic carbocycles. The molecule has 2 rings (SSSR count). The number of ether oxygens (including phenoxy) is 3. The largest absolute Gasteiger partial charge is 0.539 e. The molecular formula is C20H26N2O7. The summed E-state index contributed by atoms with van der Waals surface area (Å²) < 4.78 is 16.3. The first-order valence-corrected chi connectivity index (χ1v) is 8.77. The van der Waals surface area contributed by atoms with Crippen molar-refractivity contribution in [1.29, 1.82) is 0 Å². The average Bonchev–Trinajstić information content (AvgIpc) is 2.72. The molecule has 0 bridgehead atoms. The van der Waals surface area contributed by atoms with Crippen molar-refractivity contribution in [3.63, 3.8) is 0 Å². The van der Waals surface area contributed by atoms with E-state index in [4.69, 9.17) is 34.0 Å². The van der Waals surface area contributed by atoms with E-state index in [1.54, 1.807) is 21.3 Å². The molecule has 1 atom stereocenters. The lowest BCUT2D eigenvalue weighted by Gasteiger charge is -2.18. The van der Waals surface area contributed by atoms with Gasteiger partial charge in [-0.05, 0) is 24.3 Å². The summed E-state index contributed by atoms with van der Waals surface area (Å²) in [5.41, 5.74) is 2.22. The molecule has 2 N–H and O–H groups in total.